The largest absolute Gasteiger partial charge is 0.496 e. The fourth-order valence-corrected chi connectivity index (χ4v) is 3.33. The van der Waals surface area contributed by atoms with E-state index in [9.17, 15) is 4.39 Å². The zero-order chi connectivity index (χ0) is 14.0. The molecule has 0 aliphatic rings. The molecule has 5 heteroatoms. The molecule has 2 aromatic rings. The molecule has 0 N–H and O–H groups in total. The first-order chi connectivity index (χ1) is 9.04. The maximum Gasteiger partial charge on any atom is 0.142 e. The maximum atomic E-state index is 13.5. The summed E-state index contributed by atoms with van der Waals surface area (Å²) in [6.45, 7) is 0. The van der Waals surface area contributed by atoms with Crippen LogP contribution in [0.2, 0.25) is 5.02 Å². The van der Waals surface area contributed by atoms with Crippen molar-refractivity contribution in [3.8, 4) is 5.75 Å². The monoisotopic (exact) mass is 406 g/mol. The van der Waals surface area contributed by atoms with Gasteiger partial charge in [-0.2, -0.15) is 0 Å². The first kappa shape index (κ1) is 14.8. The van der Waals surface area contributed by atoms with Crippen LogP contribution >= 0.6 is 43.5 Å². The second kappa shape index (κ2) is 6.25. The zero-order valence-electron chi connectivity index (χ0n) is 9.96. The van der Waals surface area contributed by atoms with Crippen molar-refractivity contribution in [3.63, 3.8) is 0 Å². The highest BCUT2D eigenvalue weighted by molar-refractivity contribution is 9.10. The van der Waals surface area contributed by atoms with E-state index in [1.807, 2.05) is 18.2 Å². The van der Waals surface area contributed by atoms with E-state index in [1.165, 1.54) is 6.07 Å². The van der Waals surface area contributed by atoms with Gasteiger partial charge in [-0.15, -0.1) is 0 Å². The van der Waals surface area contributed by atoms with Crippen LogP contribution in [0.3, 0.4) is 0 Å². The van der Waals surface area contributed by atoms with Crippen LogP contribution in [0.15, 0.2) is 40.9 Å². The smallest absolute Gasteiger partial charge is 0.142 e. The molecule has 2 rings (SSSR count). The molecule has 0 saturated carbocycles. The zero-order valence-corrected chi connectivity index (χ0v) is 13.9. The number of hydrogen-bond acceptors (Lipinski definition) is 1. The quantitative estimate of drug-likeness (QED) is 0.589. The van der Waals surface area contributed by atoms with Crippen LogP contribution < -0.4 is 4.74 Å². The molecular weight excluding hydrogens is 398 g/mol. The van der Waals surface area contributed by atoms with Crippen molar-refractivity contribution in [2.75, 3.05) is 7.11 Å². The minimum absolute atomic E-state index is 0.135. The van der Waals surface area contributed by atoms with Crippen LogP contribution in [0, 0.1) is 5.82 Å². The predicted molar refractivity (Wildman–Crippen MR) is 82.9 cm³/mol. The fraction of sp³-hybridized carbons (Fsp3) is 0.143. The lowest BCUT2D eigenvalue weighted by molar-refractivity contribution is 0.412. The van der Waals surface area contributed by atoms with Crippen molar-refractivity contribution in [1.29, 1.82) is 0 Å². The molecular formula is C14H10Br2ClFO. The normalized spacial score (nSPS) is 12.3. The number of alkyl halides is 1. The molecule has 0 saturated heterocycles. The van der Waals surface area contributed by atoms with Gasteiger partial charge in [-0.25, -0.2) is 4.39 Å². The Morgan fingerprint density at radius 1 is 1.26 bits per heavy atom. The Morgan fingerprint density at radius 3 is 2.63 bits per heavy atom. The van der Waals surface area contributed by atoms with Gasteiger partial charge >= 0.3 is 0 Å². The van der Waals surface area contributed by atoms with Gasteiger partial charge in [0, 0.05) is 0 Å². The first-order valence-corrected chi connectivity index (χ1v) is 7.54. The van der Waals surface area contributed by atoms with E-state index >= 15 is 0 Å². The van der Waals surface area contributed by atoms with Gasteiger partial charge in [0.15, 0.2) is 0 Å². The standard InChI is InChI=1S/C14H10Br2ClFO/c1-19-12-6-5-8(7-10(12)15)13(16)9-3-2-4-11(18)14(9)17/h2-7,13H,1H3. The Labute approximate surface area is 133 Å². The Balaban J connectivity index is 2.41. The van der Waals surface area contributed by atoms with E-state index in [0.29, 0.717) is 5.56 Å². The molecule has 0 bridgehead atoms. The molecule has 1 unspecified atom stereocenters. The summed E-state index contributed by atoms with van der Waals surface area (Å²) >= 11 is 13.0. The molecule has 0 heterocycles. The number of hydrogen-bond donors (Lipinski definition) is 0. The summed E-state index contributed by atoms with van der Waals surface area (Å²) in [7, 11) is 1.61. The lowest BCUT2D eigenvalue weighted by Gasteiger charge is -2.14. The summed E-state index contributed by atoms with van der Waals surface area (Å²) in [6.07, 6.45) is 0. The maximum absolute atomic E-state index is 13.5. The lowest BCUT2D eigenvalue weighted by atomic mass is 10.0. The van der Waals surface area contributed by atoms with Crippen LogP contribution in [0.4, 0.5) is 4.39 Å². The SMILES string of the molecule is COc1ccc(C(Br)c2cccc(F)c2Cl)cc1Br. The topological polar surface area (TPSA) is 9.23 Å². The number of ether oxygens (including phenoxy) is 1. The average Bonchev–Trinajstić information content (AvgIpc) is 2.41. The van der Waals surface area contributed by atoms with E-state index in [1.54, 1.807) is 19.2 Å². The van der Waals surface area contributed by atoms with Crippen molar-refractivity contribution in [1.82, 2.24) is 0 Å². The van der Waals surface area contributed by atoms with E-state index in [0.717, 1.165) is 15.8 Å². The molecule has 0 radical (unpaired) electrons. The first-order valence-electron chi connectivity index (χ1n) is 5.46. The van der Waals surface area contributed by atoms with E-state index in [4.69, 9.17) is 16.3 Å². The molecule has 0 fully saturated rings. The highest BCUT2D eigenvalue weighted by Gasteiger charge is 2.17. The van der Waals surface area contributed by atoms with Gasteiger partial charge in [-0.1, -0.05) is 45.7 Å². The van der Waals surface area contributed by atoms with Crippen molar-refractivity contribution in [2.24, 2.45) is 0 Å². The fourth-order valence-electron chi connectivity index (χ4n) is 1.74. The molecule has 0 spiro atoms. The summed E-state index contributed by atoms with van der Waals surface area (Å²) in [5, 5.41) is 0.135. The van der Waals surface area contributed by atoms with Crippen LogP contribution in [0.5, 0.6) is 5.75 Å². The Bertz CT molecular complexity index is 604. The number of rotatable bonds is 3. The van der Waals surface area contributed by atoms with Gasteiger partial charge < -0.3 is 4.74 Å². The molecule has 2 aromatic carbocycles. The van der Waals surface area contributed by atoms with Crippen molar-refractivity contribution in [3.05, 3.63) is 62.8 Å². The third-order valence-corrected chi connectivity index (χ3v) is 4.76. The minimum Gasteiger partial charge on any atom is -0.496 e. The van der Waals surface area contributed by atoms with E-state index < -0.39 is 5.82 Å². The Kier molecular flexibility index (Phi) is 4.87. The highest BCUT2D eigenvalue weighted by Crippen LogP contribution is 2.38. The van der Waals surface area contributed by atoms with Gasteiger partial charge in [0.25, 0.3) is 0 Å². The highest BCUT2D eigenvalue weighted by atomic mass is 79.9. The molecule has 0 aliphatic carbocycles. The number of halogens is 4. The van der Waals surface area contributed by atoms with Gasteiger partial charge in [0.1, 0.15) is 11.6 Å². The third-order valence-electron chi connectivity index (χ3n) is 2.72. The molecule has 0 aliphatic heterocycles. The van der Waals surface area contributed by atoms with E-state index in [2.05, 4.69) is 31.9 Å². The minimum atomic E-state index is -0.420. The summed E-state index contributed by atoms with van der Waals surface area (Å²) in [6, 6.07) is 10.5. The molecule has 1 nitrogen and oxygen atoms in total. The van der Waals surface area contributed by atoms with Crippen LogP contribution in [-0.2, 0) is 0 Å². The number of methoxy groups -OCH3 is 1. The van der Waals surface area contributed by atoms with Crippen LogP contribution in [0.25, 0.3) is 0 Å². The van der Waals surface area contributed by atoms with Gasteiger partial charge in [-0.3, -0.25) is 0 Å². The Hall–Kier alpha value is -0.580. The summed E-state index contributed by atoms with van der Waals surface area (Å²) in [4.78, 5) is -0.182. The second-order valence-corrected chi connectivity index (χ2v) is 6.05. The average molecular weight is 408 g/mol. The predicted octanol–water partition coefficient (Wildman–Crippen LogP) is 5.73. The van der Waals surface area contributed by atoms with Crippen molar-refractivity contribution >= 4 is 43.5 Å². The number of benzene rings is 2. The Morgan fingerprint density at radius 2 is 2.00 bits per heavy atom. The van der Waals surface area contributed by atoms with Gasteiger partial charge in [-0.05, 0) is 45.3 Å². The van der Waals surface area contributed by atoms with Gasteiger partial charge in [0.05, 0.1) is 21.4 Å². The van der Waals surface area contributed by atoms with Crippen molar-refractivity contribution in [2.45, 2.75) is 4.83 Å². The second-order valence-electron chi connectivity index (χ2n) is 3.90. The summed E-state index contributed by atoms with van der Waals surface area (Å²) in [5.41, 5.74) is 1.65. The molecule has 19 heavy (non-hydrogen) atoms. The van der Waals surface area contributed by atoms with E-state index in [-0.39, 0.29) is 9.85 Å². The summed E-state index contributed by atoms with van der Waals surface area (Å²) in [5.74, 6) is 0.324. The molecule has 1 atom stereocenters. The van der Waals surface area contributed by atoms with Crippen LogP contribution in [-0.4, -0.2) is 7.11 Å². The van der Waals surface area contributed by atoms with Gasteiger partial charge in [0.2, 0.25) is 0 Å². The molecule has 0 amide bonds. The molecule has 100 valence electrons. The van der Waals surface area contributed by atoms with Crippen LogP contribution in [0.1, 0.15) is 16.0 Å². The summed E-state index contributed by atoms with van der Waals surface area (Å²) < 4.78 is 19.5. The van der Waals surface area contributed by atoms with Crippen molar-refractivity contribution < 1.29 is 9.13 Å². The third kappa shape index (κ3) is 3.12. The lowest BCUT2D eigenvalue weighted by Crippen LogP contribution is -1.96. The molecule has 0 aromatic heterocycles.